The van der Waals surface area contributed by atoms with Gasteiger partial charge in [-0.2, -0.15) is 0 Å². The van der Waals surface area contributed by atoms with E-state index in [0.29, 0.717) is 12.2 Å². The fourth-order valence-corrected chi connectivity index (χ4v) is 2.54. The first-order chi connectivity index (χ1) is 8.72. The highest BCUT2D eigenvalue weighted by Gasteiger charge is 2.22. The van der Waals surface area contributed by atoms with Crippen molar-refractivity contribution in [2.75, 3.05) is 32.9 Å². The molecule has 2 rings (SSSR count). The standard InChI is InChI=1S/C14H21FN2O.ClH/c1-11-10-12(2-3-14(11)18)13(4-5-15)17-8-6-16-7-9-17;/h2-3,10,13,16,18H,4-9H2,1H3;1H/t13-;/m1./s1. The van der Waals surface area contributed by atoms with Crippen LogP contribution in [-0.2, 0) is 0 Å². The Kier molecular flexibility index (Phi) is 6.55. The van der Waals surface area contributed by atoms with Gasteiger partial charge in [0.1, 0.15) is 5.75 Å². The molecule has 1 aromatic rings. The number of benzene rings is 1. The van der Waals surface area contributed by atoms with E-state index in [4.69, 9.17) is 0 Å². The molecule has 1 atom stereocenters. The lowest BCUT2D eigenvalue weighted by Crippen LogP contribution is -2.45. The van der Waals surface area contributed by atoms with E-state index in [0.717, 1.165) is 37.3 Å². The molecule has 1 fully saturated rings. The average molecular weight is 289 g/mol. The van der Waals surface area contributed by atoms with Crippen molar-refractivity contribution in [1.82, 2.24) is 10.2 Å². The van der Waals surface area contributed by atoms with Crippen molar-refractivity contribution in [3.8, 4) is 5.75 Å². The summed E-state index contributed by atoms with van der Waals surface area (Å²) in [7, 11) is 0. The zero-order valence-corrected chi connectivity index (χ0v) is 12.0. The van der Waals surface area contributed by atoms with Crippen molar-refractivity contribution < 1.29 is 9.50 Å². The van der Waals surface area contributed by atoms with Crippen LogP contribution in [0.2, 0.25) is 0 Å². The Hall–Kier alpha value is -0.840. The van der Waals surface area contributed by atoms with Crippen LogP contribution in [0.1, 0.15) is 23.6 Å². The van der Waals surface area contributed by atoms with Crippen LogP contribution in [0.3, 0.4) is 0 Å². The number of piperazine rings is 1. The van der Waals surface area contributed by atoms with E-state index < -0.39 is 0 Å². The van der Waals surface area contributed by atoms with Crippen LogP contribution in [0.15, 0.2) is 18.2 Å². The Labute approximate surface area is 120 Å². The maximum atomic E-state index is 12.8. The van der Waals surface area contributed by atoms with Gasteiger partial charge >= 0.3 is 0 Å². The first-order valence-corrected chi connectivity index (χ1v) is 6.52. The highest BCUT2D eigenvalue weighted by Crippen LogP contribution is 2.28. The van der Waals surface area contributed by atoms with Gasteiger partial charge in [-0.25, -0.2) is 0 Å². The second-order valence-corrected chi connectivity index (χ2v) is 4.83. The number of hydrogen-bond acceptors (Lipinski definition) is 3. The Morgan fingerprint density at radius 2 is 2.05 bits per heavy atom. The molecule has 1 saturated heterocycles. The highest BCUT2D eigenvalue weighted by atomic mass is 35.5. The Morgan fingerprint density at radius 3 is 2.63 bits per heavy atom. The third kappa shape index (κ3) is 4.06. The summed E-state index contributed by atoms with van der Waals surface area (Å²) >= 11 is 0. The van der Waals surface area contributed by atoms with Gasteiger partial charge in [0.25, 0.3) is 0 Å². The maximum Gasteiger partial charge on any atom is 0.118 e. The highest BCUT2D eigenvalue weighted by molar-refractivity contribution is 5.85. The molecule has 1 aliphatic rings. The Bertz CT molecular complexity index is 397. The molecule has 108 valence electrons. The molecular formula is C14H22ClFN2O. The van der Waals surface area contributed by atoms with E-state index in [1.165, 1.54) is 0 Å². The molecule has 0 spiro atoms. The molecular weight excluding hydrogens is 267 g/mol. The molecule has 0 radical (unpaired) electrons. The van der Waals surface area contributed by atoms with Crippen molar-refractivity contribution in [2.24, 2.45) is 0 Å². The van der Waals surface area contributed by atoms with E-state index in [-0.39, 0.29) is 25.1 Å². The predicted molar refractivity (Wildman–Crippen MR) is 77.9 cm³/mol. The zero-order chi connectivity index (χ0) is 13.0. The van der Waals surface area contributed by atoms with E-state index in [9.17, 15) is 9.50 Å². The molecule has 0 aliphatic carbocycles. The van der Waals surface area contributed by atoms with Gasteiger partial charge < -0.3 is 10.4 Å². The number of aryl methyl sites for hydroxylation is 1. The SMILES string of the molecule is Cc1cc([C@@H](CCF)N2CCNCC2)ccc1O.Cl. The lowest BCUT2D eigenvalue weighted by Gasteiger charge is -2.35. The molecule has 2 N–H and O–H groups in total. The quantitative estimate of drug-likeness (QED) is 0.893. The number of aromatic hydroxyl groups is 1. The number of hydrogen-bond donors (Lipinski definition) is 2. The number of rotatable bonds is 4. The van der Waals surface area contributed by atoms with Crippen LogP contribution in [0, 0.1) is 6.92 Å². The van der Waals surface area contributed by atoms with Crippen molar-refractivity contribution in [3.63, 3.8) is 0 Å². The van der Waals surface area contributed by atoms with Crippen LogP contribution in [0.5, 0.6) is 5.75 Å². The van der Waals surface area contributed by atoms with Crippen molar-refractivity contribution in [2.45, 2.75) is 19.4 Å². The van der Waals surface area contributed by atoms with Crippen molar-refractivity contribution in [1.29, 1.82) is 0 Å². The predicted octanol–water partition coefficient (Wildman–Crippen LogP) is 2.43. The van der Waals surface area contributed by atoms with Crippen LogP contribution < -0.4 is 5.32 Å². The van der Waals surface area contributed by atoms with Crippen LogP contribution in [0.4, 0.5) is 4.39 Å². The Balaban J connectivity index is 0.00000180. The van der Waals surface area contributed by atoms with Gasteiger partial charge in [-0.1, -0.05) is 12.1 Å². The second kappa shape index (κ2) is 7.68. The minimum atomic E-state index is -0.311. The number of alkyl halides is 1. The number of phenols is 1. The van der Waals surface area contributed by atoms with E-state index >= 15 is 0 Å². The summed E-state index contributed by atoms with van der Waals surface area (Å²) in [6, 6.07) is 5.71. The number of phenolic OH excluding ortho intramolecular Hbond substituents is 1. The lowest BCUT2D eigenvalue weighted by molar-refractivity contribution is 0.157. The van der Waals surface area contributed by atoms with E-state index in [1.807, 2.05) is 19.1 Å². The van der Waals surface area contributed by atoms with Crippen molar-refractivity contribution >= 4 is 12.4 Å². The molecule has 1 heterocycles. The van der Waals surface area contributed by atoms with Crippen molar-refractivity contribution in [3.05, 3.63) is 29.3 Å². The maximum absolute atomic E-state index is 12.8. The number of nitrogens with zero attached hydrogens (tertiary/aromatic N) is 1. The second-order valence-electron chi connectivity index (χ2n) is 4.83. The molecule has 0 unspecified atom stereocenters. The minimum Gasteiger partial charge on any atom is -0.508 e. The first-order valence-electron chi connectivity index (χ1n) is 6.52. The summed E-state index contributed by atoms with van der Waals surface area (Å²) in [5, 5.41) is 12.9. The first kappa shape index (κ1) is 16.2. The smallest absolute Gasteiger partial charge is 0.118 e. The van der Waals surface area contributed by atoms with Gasteiger partial charge in [-0.15, -0.1) is 12.4 Å². The van der Waals surface area contributed by atoms with Gasteiger partial charge in [-0.3, -0.25) is 9.29 Å². The molecule has 5 heteroatoms. The topological polar surface area (TPSA) is 35.5 Å². The molecule has 0 saturated carbocycles. The third-order valence-corrected chi connectivity index (χ3v) is 3.58. The van der Waals surface area contributed by atoms with Crippen LogP contribution >= 0.6 is 12.4 Å². The summed E-state index contributed by atoms with van der Waals surface area (Å²) in [4.78, 5) is 2.32. The van der Waals surface area contributed by atoms with Gasteiger partial charge in [0.15, 0.2) is 0 Å². The molecule has 0 amide bonds. The largest absolute Gasteiger partial charge is 0.508 e. The number of nitrogens with one attached hydrogen (secondary N) is 1. The molecule has 1 aliphatic heterocycles. The fourth-order valence-electron chi connectivity index (χ4n) is 2.54. The fraction of sp³-hybridized carbons (Fsp3) is 0.571. The van der Waals surface area contributed by atoms with E-state index in [2.05, 4.69) is 10.2 Å². The zero-order valence-electron chi connectivity index (χ0n) is 11.2. The molecule has 0 aromatic heterocycles. The van der Waals surface area contributed by atoms with Gasteiger partial charge in [0.2, 0.25) is 0 Å². The molecule has 19 heavy (non-hydrogen) atoms. The van der Waals surface area contributed by atoms with Crippen LogP contribution in [-0.4, -0.2) is 42.9 Å². The molecule has 1 aromatic carbocycles. The lowest BCUT2D eigenvalue weighted by atomic mass is 9.99. The number of halogens is 2. The van der Waals surface area contributed by atoms with Gasteiger partial charge in [0.05, 0.1) is 6.67 Å². The summed E-state index contributed by atoms with van der Waals surface area (Å²) in [5.74, 6) is 0.304. The average Bonchev–Trinajstić information content (AvgIpc) is 2.40. The third-order valence-electron chi connectivity index (χ3n) is 3.58. The molecule has 3 nitrogen and oxygen atoms in total. The summed E-state index contributed by atoms with van der Waals surface area (Å²) in [6.07, 6.45) is 0.518. The normalized spacial score (nSPS) is 17.8. The van der Waals surface area contributed by atoms with Gasteiger partial charge in [-0.05, 0) is 30.5 Å². The molecule has 0 bridgehead atoms. The summed E-state index contributed by atoms with van der Waals surface area (Å²) in [5.41, 5.74) is 1.95. The van der Waals surface area contributed by atoms with Crippen LogP contribution in [0.25, 0.3) is 0 Å². The Morgan fingerprint density at radius 1 is 1.37 bits per heavy atom. The minimum absolute atomic E-state index is 0. The monoisotopic (exact) mass is 288 g/mol. The van der Waals surface area contributed by atoms with E-state index in [1.54, 1.807) is 6.07 Å². The summed E-state index contributed by atoms with van der Waals surface area (Å²) in [6.45, 7) is 5.38. The van der Waals surface area contributed by atoms with Gasteiger partial charge in [0, 0.05) is 32.2 Å². The summed E-state index contributed by atoms with van der Waals surface area (Å²) < 4.78 is 12.8.